The molecule has 0 aliphatic rings. The summed E-state index contributed by atoms with van der Waals surface area (Å²) in [5.41, 5.74) is 1.06. The number of nitrogens with zero attached hydrogens (tertiary/aromatic N) is 2. The molecule has 4 heteroatoms. The third-order valence-corrected chi connectivity index (χ3v) is 3.12. The average Bonchev–Trinajstić information content (AvgIpc) is 2.04. The van der Waals surface area contributed by atoms with Crippen LogP contribution in [0.2, 0.25) is 0 Å². The van der Waals surface area contributed by atoms with E-state index in [2.05, 4.69) is 16.0 Å². The number of rotatable bonds is 0. The average molecular weight is 282 g/mol. The maximum atomic E-state index is 4.36. The molecule has 1 aromatic carbocycles. The molecule has 2 unspecified atom stereocenters. The Kier molecular flexibility index (Phi) is 2.21. The molecule has 2 aromatic rings. The first kappa shape index (κ1) is 8.28. The van der Waals surface area contributed by atoms with E-state index in [1.165, 1.54) is 22.2 Å². The summed E-state index contributed by atoms with van der Waals surface area (Å²) in [6.07, 6.45) is 0. The number of hydrogen-bond acceptors (Lipinski definition) is 2. The zero-order valence-corrected chi connectivity index (χ0v) is 11.2. The van der Waals surface area contributed by atoms with Gasteiger partial charge in [0.25, 0.3) is 0 Å². The Morgan fingerprint density at radius 2 is 1.75 bits per heavy atom. The molecule has 1 aromatic heterocycles. The van der Waals surface area contributed by atoms with Gasteiger partial charge in [-0.2, -0.15) is 0 Å². The summed E-state index contributed by atoms with van der Waals surface area (Å²) in [5.74, 6) is 0. The van der Waals surface area contributed by atoms with E-state index in [4.69, 9.17) is 0 Å². The van der Waals surface area contributed by atoms with Gasteiger partial charge in [-0.1, -0.05) is 0 Å². The Morgan fingerprint density at radius 3 is 2.58 bits per heavy atom. The Bertz CT molecular complexity index is 428. The van der Waals surface area contributed by atoms with Gasteiger partial charge < -0.3 is 0 Å². The molecule has 0 aliphatic heterocycles. The minimum absolute atomic E-state index is 0.917. The van der Waals surface area contributed by atoms with E-state index in [0.717, 1.165) is 14.6 Å². The van der Waals surface area contributed by atoms with Gasteiger partial charge in [0.05, 0.1) is 0 Å². The summed E-state index contributed by atoms with van der Waals surface area (Å²) >= 11 is 3.04. The molecule has 60 valence electrons. The zero-order chi connectivity index (χ0) is 8.55. The maximum absolute atomic E-state index is 4.36. The number of hydrogen-bond donors (Lipinski definition) is 0. The van der Waals surface area contributed by atoms with Crippen molar-refractivity contribution < 1.29 is 0 Å². The fourth-order valence-corrected chi connectivity index (χ4v) is 3.15. The molecule has 2 atom stereocenters. The Hall–Kier alpha value is -0.323. The Labute approximate surface area is 87.8 Å². The molecule has 12 heavy (non-hydrogen) atoms. The predicted molar refractivity (Wildman–Crippen MR) is 55.9 cm³/mol. The van der Waals surface area contributed by atoms with Crippen LogP contribution in [0.15, 0.2) is 24.3 Å². The van der Waals surface area contributed by atoms with E-state index in [9.17, 15) is 0 Å². The van der Waals surface area contributed by atoms with Crippen LogP contribution in [0.5, 0.6) is 0 Å². The van der Waals surface area contributed by atoms with Crippen LogP contribution in [0.1, 0.15) is 0 Å². The van der Waals surface area contributed by atoms with E-state index in [1.807, 2.05) is 18.2 Å². The normalized spacial score (nSPS) is 10.5. The molecular formula is C8H8As2N2. The number of para-hydroxylation sites is 1. The first-order valence-electron chi connectivity index (χ1n) is 3.55. The van der Waals surface area contributed by atoms with E-state index in [-0.39, 0.29) is 0 Å². The van der Waals surface area contributed by atoms with Crippen LogP contribution in [-0.2, 0) is 0 Å². The third kappa shape index (κ3) is 1.42. The predicted octanol–water partition coefficient (Wildman–Crippen LogP) is -1.85. The summed E-state index contributed by atoms with van der Waals surface area (Å²) in [7, 11) is 0. The second-order valence-electron chi connectivity index (χ2n) is 2.48. The molecule has 1 heterocycles. The third-order valence-electron chi connectivity index (χ3n) is 1.65. The minimum atomic E-state index is 0.917. The van der Waals surface area contributed by atoms with Crippen LogP contribution in [0, 0.1) is 0 Å². The van der Waals surface area contributed by atoms with Crippen molar-refractivity contribution >= 4 is 53.7 Å². The summed E-state index contributed by atoms with van der Waals surface area (Å²) in [5, 5.41) is 1.18. The van der Waals surface area contributed by atoms with Crippen LogP contribution < -0.4 is 9.09 Å². The van der Waals surface area contributed by atoms with Crippen molar-refractivity contribution in [2.45, 2.75) is 0 Å². The van der Waals surface area contributed by atoms with E-state index in [0.29, 0.717) is 0 Å². The van der Waals surface area contributed by atoms with Crippen molar-refractivity contribution in [1.82, 2.24) is 9.97 Å². The van der Waals surface area contributed by atoms with Gasteiger partial charge >= 0.3 is 87.9 Å². The topological polar surface area (TPSA) is 25.8 Å². The Balaban J connectivity index is 2.89. The van der Waals surface area contributed by atoms with Crippen molar-refractivity contribution in [2.75, 3.05) is 0 Å². The fourth-order valence-electron chi connectivity index (χ4n) is 1.12. The molecule has 2 rings (SSSR count). The quantitative estimate of drug-likeness (QED) is 0.530. The first-order chi connectivity index (χ1) is 5.77. The fraction of sp³-hybridized carbons (Fsp3) is 0. The molecule has 0 N–H and O–H groups in total. The second-order valence-corrected chi connectivity index (χ2v) is 4.72. The monoisotopic (exact) mass is 282 g/mol. The molecule has 2 nitrogen and oxygen atoms in total. The van der Waals surface area contributed by atoms with Crippen molar-refractivity contribution in [3.05, 3.63) is 24.3 Å². The van der Waals surface area contributed by atoms with Gasteiger partial charge in [0.15, 0.2) is 0 Å². The summed E-state index contributed by atoms with van der Waals surface area (Å²) < 4.78 is 2.05. The van der Waals surface area contributed by atoms with Crippen molar-refractivity contribution in [2.24, 2.45) is 0 Å². The van der Waals surface area contributed by atoms with Gasteiger partial charge in [0, 0.05) is 0 Å². The van der Waals surface area contributed by atoms with E-state index in [1.54, 1.807) is 16.9 Å². The van der Waals surface area contributed by atoms with Gasteiger partial charge in [-0.15, -0.1) is 0 Å². The molecule has 0 fully saturated rings. The molecule has 0 amide bonds. The number of benzene rings is 1. The van der Waals surface area contributed by atoms with E-state index < -0.39 is 0 Å². The SMILES string of the molecule is [AsH2]c1nc([AsH2])c2ccccc2n1. The number of aromatic nitrogens is 2. The summed E-state index contributed by atoms with van der Waals surface area (Å²) in [6, 6.07) is 8.13. The molecule has 0 radical (unpaired) electrons. The first-order valence-corrected chi connectivity index (χ1v) is 5.97. The van der Waals surface area contributed by atoms with Gasteiger partial charge in [-0.25, -0.2) is 0 Å². The van der Waals surface area contributed by atoms with Crippen LogP contribution >= 0.6 is 0 Å². The standard InChI is InChI=1S/C8H8As2N2/c9-7-5-3-1-2-4-6(5)11-8(10)12-7/h1-4H,9-10H2. The van der Waals surface area contributed by atoms with Crippen LogP contribution in [-0.4, -0.2) is 43.7 Å². The van der Waals surface area contributed by atoms with E-state index >= 15 is 0 Å². The molecular weight excluding hydrogens is 274 g/mol. The molecule has 0 saturated heterocycles. The zero-order valence-electron chi connectivity index (χ0n) is 6.36. The molecule has 0 bridgehead atoms. The molecule has 0 spiro atoms. The summed E-state index contributed by atoms with van der Waals surface area (Å²) in [6.45, 7) is 0. The van der Waals surface area contributed by atoms with Gasteiger partial charge in [-0.05, 0) is 0 Å². The molecule has 0 saturated carbocycles. The molecule has 0 aliphatic carbocycles. The van der Waals surface area contributed by atoms with Crippen LogP contribution in [0.3, 0.4) is 0 Å². The van der Waals surface area contributed by atoms with Crippen molar-refractivity contribution in [3.63, 3.8) is 0 Å². The van der Waals surface area contributed by atoms with Gasteiger partial charge in [0.2, 0.25) is 0 Å². The van der Waals surface area contributed by atoms with Crippen molar-refractivity contribution in [1.29, 1.82) is 0 Å². The second kappa shape index (κ2) is 3.20. The number of fused-ring (bicyclic) bond motifs is 1. The van der Waals surface area contributed by atoms with Crippen LogP contribution in [0.25, 0.3) is 10.9 Å². The van der Waals surface area contributed by atoms with Gasteiger partial charge in [0.1, 0.15) is 0 Å². The van der Waals surface area contributed by atoms with Crippen LogP contribution in [0.4, 0.5) is 0 Å². The summed E-state index contributed by atoms with van der Waals surface area (Å²) in [4.78, 5) is 8.71. The van der Waals surface area contributed by atoms with Gasteiger partial charge in [-0.3, -0.25) is 0 Å². The Morgan fingerprint density at radius 1 is 1.00 bits per heavy atom. The van der Waals surface area contributed by atoms with Crippen molar-refractivity contribution in [3.8, 4) is 0 Å².